The molecule has 0 saturated heterocycles. The van der Waals surface area contributed by atoms with Gasteiger partial charge in [0, 0.05) is 11.3 Å². The fraction of sp³-hybridized carbons (Fsp3) is 0.333. The predicted molar refractivity (Wildman–Crippen MR) is 71.4 cm³/mol. The van der Waals surface area contributed by atoms with Crippen LogP contribution >= 0.6 is 0 Å². The third kappa shape index (κ3) is 3.22. The van der Waals surface area contributed by atoms with E-state index in [0.717, 1.165) is 6.42 Å². The summed E-state index contributed by atoms with van der Waals surface area (Å²) >= 11 is 0. The summed E-state index contributed by atoms with van der Waals surface area (Å²) in [7, 11) is 0. The molecule has 0 unspecified atom stereocenters. The minimum atomic E-state index is -0.316. The summed E-state index contributed by atoms with van der Waals surface area (Å²) in [4.78, 5) is 23.8. The molecule has 0 saturated carbocycles. The molecule has 19 heavy (non-hydrogen) atoms. The van der Waals surface area contributed by atoms with E-state index in [1.807, 2.05) is 18.2 Å². The van der Waals surface area contributed by atoms with E-state index in [0.29, 0.717) is 36.3 Å². The van der Waals surface area contributed by atoms with E-state index < -0.39 is 0 Å². The van der Waals surface area contributed by atoms with Crippen LogP contribution in [-0.4, -0.2) is 18.5 Å². The topological polar surface area (TPSA) is 55.4 Å². The highest BCUT2D eigenvalue weighted by Gasteiger charge is 2.23. The molecule has 2 rings (SSSR count). The van der Waals surface area contributed by atoms with E-state index in [2.05, 4.69) is 5.32 Å². The van der Waals surface area contributed by atoms with Crippen LogP contribution in [-0.2, 0) is 9.53 Å². The number of amides is 1. The van der Waals surface area contributed by atoms with E-state index >= 15 is 0 Å². The van der Waals surface area contributed by atoms with Crippen molar-refractivity contribution in [2.45, 2.75) is 26.2 Å². The quantitative estimate of drug-likeness (QED) is 0.845. The number of allylic oxidation sites excluding steroid dienone is 1. The van der Waals surface area contributed by atoms with Crippen molar-refractivity contribution >= 4 is 11.9 Å². The lowest BCUT2D eigenvalue weighted by atomic mass is 10.2. The summed E-state index contributed by atoms with van der Waals surface area (Å²) < 4.78 is 5.00. The van der Waals surface area contributed by atoms with E-state index in [1.165, 1.54) is 0 Å². The van der Waals surface area contributed by atoms with E-state index in [-0.39, 0.29) is 11.9 Å². The second-order valence-electron chi connectivity index (χ2n) is 4.35. The minimum Gasteiger partial charge on any atom is -0.463 e. The standard InChI is InChI=1S/C15H17NO3/c1-2-19-15(18)12-9-6-10-13(12)16-14(17)11-7-4-3-5-8-11/h3-5,7-8H,2,6,9-10H2,1H3,(H,16,17). The molecule has 1 N–H and O–H groups in total. The lowest BCUT2D eigenvalue weighted by Crippen LogP contribution is -2.24. The molecule has 0 heterocycles. The van der Waals surface area contributed by atoms with Crippen LogP contribution in [0.15, 0.2) is 41.6 Å². The molecular formula is C15H17NO3. The summed E-state index contributed by atoms with van der Waals surface area (Å²) in [6.45, 7) is 2.12. The van der Waals surface area contributed by atoms with E-state index in [4.69, 9.17) is 4.74 Å². The van der Waals surface area contributed by atoms with Crippen molar-refractivity contribution in [2.75, 3.05) is 6.61 Å². The molecule has 1 amide bonds. The lowest BCUT2D eigenvalue weighted by Gasteiger charge is -2.09. The maximum atomic E-state index is 12.0. The first-order valence-electron chi connectivity index (χ1n) is 6.48. The molecule has 0 spiro atoms. The zero-order valence-corrected chi connectivity index (χ0v) is 10.9. The largest absolute Gasteiger partial charge is 0.463 e. The van der Waals surface area contributed by atoms with Crippen molar-refractivity contribution in [1.82, 2.24) is 5.32 Å². The molecule has 0 atom stereocenters. The summed E-state index contributed by atoms with van der Waals surface area (Å²) in [6, 6.07) is 8.97. The third-order valence-corrected chi connectivity index (χ3v) is 3.04. The SMILES string of the molecule is CCOC(=O)C1=C(NC(=O)c2ccccc2)CCC1. The van der Waals surface area contributed by atoms with Crippen LogP contribution in [0, 0.1) is 0 Å². The number of nitrogens with one attached hydrogen (secondary N) is 1. The van der Waals surface area contributed by atoms with Gasteiger partial charge in [0.2, 0.25) is 0 Å². The summed E-state index contributed by atoms with van der Waals surface area (Å²) in [5.74, 6) is -0.498. The molecular weight excluding hydrogens is 242 g/mol. The first-order valence-corrected chi connectivity index (χ1v) is 6.48. The Hall–Kier alpha value is -2.10. The molecule has 0 bridgehead atoms. The smallest absolute Gasteiger partial charge is 0.335 e. The molecule has 1 aliphatic rings. The highest BCUT2D eigenvalue weighted by Crippen LogP contribution is 2.25. The van der Waals surface area contributed by atoms with Gasteiger partial charge in [0.1, 0.15) is 0 Å². The highest BCUT2D eigenvalue weighted by atomic mass is 16.5. The zero-order valence-electron chi connectivity index (χ0n) is 10.9. The Bertz CT molecular complexity index is 505. The Morgan fingerprint density at radius 1 is 1.21 bits per heavy atom. The minimum absolute atomic E-state index is 0.181. The number of carbonyl (C=O) groups is 2. The van der Waals surface area contributed by atoms with Gasteiger partial charge in [0.05, 0.1) is 12.2 Å². The first kappa shape index (κ1) is 13.3. The van der Waals surface area contributed by atoms with Gasteiger partial charge in [-0.2, -0.15) is 0 Å². The second-order valence-corrected chi connectivity index (χ2v) is 4.35. The molecule has 0 aliphatic heterocycles. The predicted octanol–water partition coefficient (Wildman–Crippen LogP) is 2.42. The number of rotatable bonds is 4. The molecule has 1 aromatic carbocycles. The number of hydrogen-bond acceptors (Lipinski definition) is 3. The van der Waals surface area contributed by atoms with Crippen molar-refractivity contribution < 1.29 is 14.3 Å². The Morgan fingerprint density at radius 3 is 2.63 bits per heavy atom. The number of esters is 1. The Balaban J connectivity index is 2.11. The third-order valence-electron chi connectivity index (χ3n) is 3.04. The van der Waals surface area contributed by atoms with Gasteiger partial charge >= 0.3 is 5.97 Å². The molecule has 4 nitrogen and oxygen atoms in total. The molecule has 1 aromatic rings. The Morgan fingerprint density at radius 2 is 1.95 bits per heavy atom. The monoisotopic (exact) mass is 259 g/mol. The average Bonchev–Trinajstić information content (AvgIpc) is 2.88. The van der Waals surface area contributed by atoms with Crippen LogP contribution < -0.4 is 5.32 Å². The van der Waals surface area contributed by atoms with Crippen molar-refractivity contribution in [1.29, 1.82) is 0 Å². The van der Waals surface area contributed by atoms with Crippen LogP contribution in [0.3, 0.4) is 0 Å². The van der Waals surface area contributed by atoms with E-state index in [1.54, 1.807) is 19.1 Å². The van der Waals surface area contributed by atoms with Gasteiger partial charge in [-0.1, -0.05) is 18.2 Å². The zero-order chi connectivity index (χ0) is 13.7. The second kappa shape index (κ2) is 6.18. The summed E-state index contributed by atoms with van der Waals surface area (Å²) in [5, 5.41) is 2.82. The molecule has 1 aliphatic carbocycles. The molecule has 0 fully saturated rings. The fourth-order valence-corrected chi connectivity index (χ4v) is 2.12. The number of carbonyl (C=O) groups excluding carboxylic acids is 2. The number of ether oxygens (including phenoxy) is 1. The van der Waals surface area contributed by atoms with Gasteiger partial charge in [-0.3, -0.25) is 4.79 Å². The fourth-order valence-electron chi connectivity index (χ4n) is 2.12. The summed E-state index contributed by atoms with van der Waals surface area (Å²) in [6.07, 6.45) is 2.26. The summed E-state index contributed by atoms with van der Waals surface area (Å²) in [5.41, 5.74) is 1.89. The molecule has 4 heteroatoms. The number of hydrogen-bond donors (Lipinski definition) is 1. The van der Waals surface area contributed by atoms with Crippen LogP contribution in [0.2, 0.25) is 0 Å². The normalized spacial score (nSPS) is 14.4. The van der Waals surface area contributed by atoms with Gasteiger partial charge < -0.3 is 10.1 Å². The van der Waals surface area contributed by atoms with Crippen molar-refractivity contribution in [3.8, 4) is 0 Å². The van der Waals surface area contributed by atoms with Gasteiger partial charge in [0.25, 0.3) is 5.91 Å². The van der Waals surface area contributed by atoms with Gasteiger partial charge in [0.15, 0.2) is 0 Å². The van der Waals surface area contributed by atoms with Crippen molar-refractivity contribution in [3.63, 3.8) is 0 Å². The maximum absolute atomic E-state index is 12.0. The van der Waals surface area contributed by atoms with Gasteiger partial charge in [-0.15, -0.1) is 0 Å². The Kier molecular flexibility index (Phi) is 4.34. The average molecular weight is 259 g/mol. The van der Waals surface area contributed by atoms with Crippen LogP contribution in [0.5, 0.6) is 0 Å². The number of benzene rings is 1. The molecule has 0 radical (unpaired) electrons. The van der Waals surface area contributed by atoms with Gasteiger partial charge in [-0.05, 0) is 38.3 Å². The molecule has 0 aromatic heterocycles. The van der Waals surface area contributed by atoms with Gasteiger partial charge in [-0.25, -0.2) is 4.79 Å². The van der Waals surface area contributed by atoms with Crippen molar-refractivity contribution in [3.05, 3.63) is 47.2 Å². The molecule has 100 valence electrons. The van der Waals surface area contributed by atoms with Crippen LogP contribution in [0.25, 0.3) is 0 Å². The Labute approximate surface area is 112 Å². The maximum Gasteiger partial charge on any atom is 0.335 e. The van der Waals surface area contributed by atoms with Crippen molar-refractivity contribution in [2.24, 2.45) is 0 Å². The highest BCUT2D eigenvalue weighted by molar-refractivity contribution is 5.97. The van der Waals surface area contributed by atoms with Crippen LogP contribution in [0.1, 0.15) is 36.5 Å². The lowest BCUT2D eigenvalue weighted by molar-refractivity contribution is -0.138. The first-order chi connectivity index (χ1) is 9.22. The van der Waals surface area contributed by atoms with E-state index in [9.17, 15) is 9.59 Å². The van der Waals surface area contributed by atoms with Crippen LogP contribution in [0.4, 0.5) is 0 Å².